The van der Waals surface area contributed by atoms with Crippen LogP contribution in [0.15, 0.2) is 72.9 Å². The quantitative estimate of drug-likeness (QED) is 0.363. The summed E-state index contributed by atoms with van der Waals surface area (Å²) in [5.41, 5.74) is 6.82. The number of carbonyl (C=O) groups excluding carboxylic acids is 2. The molecule has 8 heteroatoms. The Morgan fingerprint density at radius 2 is 1.81 bits per heavy atom. The van der Waals surface area contributed by atoms with Gasteiger partial charge in [-0.25, -0.2) is 9.78 Å². The minimum absolute atomic E-state index is 0.283. The van der Waals surface area contributed by atoms with Crippen molar-refractivity contribution in [1.29, 1.82) is 0 Å². The van der Waals surface area contributed by atoms with Gasteiger partial charge in [-0.2, -0.15) is 0 Å². The van der Waals surface area contributed by atoms with E-state index < -0.39 is 11.7 Å². The molecule has 1 aliphatic heterocycles. The zero-order valence-corrected chi connectivity index (χ0v) is 19.2. The van der Waals surface area contributed by atoms with E-state index in [4.69, 9.17) is 4.74 Å². The van der Waals surface area contributed by atoms with Crippen LogP contribution in [0.4, 0.5) is 16.3 Å². The third-order valence-electron chi connectivity index (χ3n) is 5.01. The minimum atomic E-state index is -0.696. The summed E-state index contributed by atoms with van der Waals surface area (Å²) in [7, 11) is 0. The molecule has 0 aliphatic carbocycles. The number of hydrogen-bond donors (Lipinski definition) is 2. The fourth-order valence-corrected chi connectivity index (χ4v) is 4.08. The fourth-order valence-electron chi connectivity index (χ4n) is 3.63. The summed E-state index contributed by atoms with van der Waals surface area (Å²) in [6.45, 7) is 3.80. The van der Waals surface area contributed by atoms with Gasteiger partial charge in [0.1, 0.15) is 17.5 Å². The fraction of sp³-hybridized carbons (Fsp3) is 0.174. The molecule has 0 spiro atoms. The van der Waals surface area contributed by atoms with Gasteiger partial charge < -0.3 is 4.74 Å². The van der Waals surface area contributed by atoms with Crippen molar-refractivity contribution in [3.05, 3.63) is 87.6 Å². The maximum absolute atomic E-state index is 12.7. The highest BCUT2D eigenvalue weighted by molar-refractivity contribution is 14.1. The summed E-state index contributed by atoms with van der Waals surface area (Å²) in [5, 5.41) is 0. The maximum Gasteiger partial charge on any atom is 0.415 e. The van der Waals surface area contributed by atoms with Crippen LogP contribution in [0.1, 0.15) is 35.8 Å². The van der Waals surface area contributed by atoms with Crippen LogP contribution in [0, 0.1) is 3.57 Å². The third-order valence-corrected chi connectivity index (χ3v) is 5.68. The number of halogens is 1. The number of ether oxygens (including phenoxy) is 1. The van der Waals surface area contributed by atoms with Gasteiger partial charge in [-0.05, 0) is 78.4 Å². The molecule has 4 rings (SSSR count). The van der Waals surface area contributed by atoms with Crippen molar-refractivity contribution < 1.29 is 14.3 Å². The van der Waals surface area contributed by atoms with Crippen molar-refractivity contribution in [3.8, 4) is 0 Å². The second-order valence-corrected chi connectivity index (χ2v) is 8.89. The SMILES string of the molecule is CC1(C)OC(=O)N(c2ccc(C(=O)NNc3cc(I)ccn3)cc2)[C@H]1c1ccccc1. The monoisotopic (exact) mass is 528 g/mol. The molecule has 2 aromatic carbocycles. The topological polar surface area (TPSA) is 83.6 Å². The van der Waals surface area contributed by atoms with Gasteiger partial charge in [0.2, 0.25) is 0 Å². The number of hydrazine groups is 1. The lowest BCUT2D eigenvalue weighted by molar-refractivity contribution is 0.0685. The van der Waals surface area contributed by atoms with E-state index in [-0.39, 0.29) is 11.9 Å². The first-order valence-corrected chi connectivity index (χ1v) is 10.8. The Hall–Kier alpha value is -3.14. The van der Waals surface area contributed by atoms with E-state index in [0.717, 1.165) is 9.13 Å². The van der Waals surface area contributed by atoms with Crippen LogP contribution >= 0.6 is 22.6 Å². The number of carbonyl (C=O) groups is 2. The van der Waals surface area contributed by atoms with Gasteiger partial charge in [0, 0.05) is 21.0 Å². The van der Waals surface area contributed by atoms with E-state index in [9.17, 15) is 9.59 Å². The Labute approximate surface area is 193 Å². The lowest BCUT2D eigenvalue weighted by Gasteiger charge is -2.29. The van der Waals surface area contributed by atoms with Crippen molar-refractivity contribution in [2.24, 2.45) is 0 Å². The number of rotatable bonds is 5. The van der Waals surface area contributed by atoms with E-state index in [0.29, 0.717) is 17.1 Å². The van der Waals surface area contributed by atoms with Gasteiger partial charge in [-0.3, -0.25) is 20.5 Å². The molecule has 1 saturated heterocycles. The van der Waals surface area contributed by atoms with Crippen LogP contribution in [-0.4, -0.2) is 22.6 Å². The molecule has 1 aromatic heterocycles. The van der Waals surface area contributed by atoms with E-state index in [1.54, 1.807) is 35.4 Å². The Morgan fingerprint density at radius 1 is 1.10 bits per heavy atom. The standard InChI is InChI=1S/C23H21IN4O3/c1-23(2)20(15-6-4-3-5-7-15)28(22(30)31-23)18-10-8-16(9-11-18)21(29)27-26-19-14-17(24)12-13-25-19/h3-14,20H,1-2H3,(H,25,26)(H,27,29)/t20-/m0/s1. The van der Waals surface area contributed by atoms with Crippen molar-refractivity contribution in [3.63, 3.8) is 0 Å². The summed E-state index contributed by atoms with van der Waals surface area (Å²) in [6.07, 6.45) is 1.24. The summed E-state index contributed by atoms with van der Waals surface area (Å²) >= 11 is 2.17. The van der Waals surface area contributed by atoms with Crippen LogP contribution < -0.4 is 15.8 Å². The number of amides is 2. The van der Waals surface area contributed by atoms with Crippen LogP contribution in [-0.2, 0) is 4.74 Å². The van der Waals surface area contributed by atoms with Gasteiger partial charge in [0.25, 0.3) is 5.91 Å². The highest BCUT2D eigenvalue weighted by atomic mass is 127. The minimum Gasteiger partial charge on any atom is -0.441 e. The lowest BCUT2D eigenvalue weighted by atomic mass is 9.91. The predicted octanol–water partition coefficient (Wildman–Crippen LogP) is 4.92. The molecule has 1 aliphatic rings. The van der Waals surface area contributed by atoms with E-state index >= 15 is 0 Å². The maximum atomic E-state index is 12.7. The van der Waals surface area contributed by atoms with Gasteiger partial charge in [-0.15, -0.1) is 0 Å². The lowest BCUT2D eigenvalue weighted by Crippen LogP contribution is -2.34. The number of anilines is 2. The average molecular weight is 528 g/mol. The van der Waals surface area contributed by atoms with Crippen molar-refractivity contribution >= 4 is 46.1 Å². The Balaban J connectivity index is 1.52. The van der Waals surface area contributed by atoms with E-state index in [2.05, 4.69) is 38.4 Å². The average Bonchev–Trinajstić information content (AvgIpc) is 3.01. The Kier molecular flexibility index (Phi) is 5.81. The summed E-state index contributed by atoms with van der Waals surface area (Å²) in [4.78, 5) is 30.9. The number of nitrogens with one attached hydrogen (secondary N) is 2. The van der Waals surface area contributed by atoms with E-state index in [1.165, 1.54) is 0 Å². The van der Waals surface area contributed by atoms with Gasteiger partial charge >= 0.3 is 6.09 Å². The number of pyridine rings is 1. The first-order chi connectivity index (χ1) is 14.8. The molecule has 0 radical (unpaired) electrons. The smallest absolute Gasteiger partial charge is 0.415 e. The second-order valence-electron chi connectivity index (χ2n) is 7.64. The van der Waals surface area contributed by atoms with Gasteiger partial charge in [0.15, 0.2) is 0 Å². The molecule has 2 heterocycles. The number of nitrogens with zero attached hydrogens (tertiary/aromatic N) is 2. The van der Waals surface area contributed by atoms with Crippen molar-refractivity contribution in [1.82, 2.24) is 10.4 Å². The second kappa shape index (κ2) is 8.54. The van der Waals surface area contributed by atoms with Crippen molar-refractivity contribution in [2.75, 3.05) is 10.3 Å². The normalized spacial score (nSPS) is 17.2. The highest BCUT2D eigenvalue weighted by Crippen LogP contribution is 2.43. The highest BCUT2D eigenvalue weighted by Gasteiger charge is 2.49. The molecule has 2 amide bonds. The molecular formula is C23H21IN4O3. The molecule has 1 fully saturated rings. The number of cyclic esters (lactones) is 1. The third kappa shape index (κ3) is 4.48. The Morgan fingerprint density at radius 3 is 2.48 bits per heavy atom. The van der Waals surface area contributed by atoms with Crippen LogP contribution in [0.2, 0.25) is 0 Å². The zero-order valence-electron chi connectivity index (χ0n) is 17.0. The molecule has 0 unspecified atom stereocenters. The predicted molar refractivity (Wildman–Crippen MR) is 127 cm³/mol. The first-order valence-electron chi connectivity index (χ1n) is 9.70. The summed E-state index contributed by atoms with van der Waals surface area (Å²) < 4.78 is 6.65. The molecule has 2 N–H and O–H groups in total. The molecular weight excluding hydrogens is 507 g/mol. The zero-order chi connectivity index (χ0) is 22.0. The molecule has 1 atom stereocenters. The van der Waals surface area contributed by atoms with Crippen LogP contribution in [0.25, 0.3) is 0 Å². The summed E-state index contributed by atoms with van der Waals surface area (Å²) in [5.74, 6) is 0.237. The van der Waals surface area contributed by atoms with Crippen LogP contribution in [0.5, 0.6) is 0 Å². The van der Waals surface area contributed by atoms with Crippen molar-refractivity contribution in [2.45, 2.75) is 25.5 Å². The molecule has 3 aromatic rings. The number of aromatic nitrogens is 1. The Bertz CT molecular complexity index is 1100. The largest absolute Gasteiger partial charge is 0.441 e. The first kappa shape index (κ1) is 21.1. The summed E-state index contributed by atoms with van der Waals surface area (Å²) in [6, 6.07) is 20.0. The number of benzene rings is 2. The number of hydrogen-bond acceptors (Lipinski definition) is 5. The van der Waals surface area contributed by atoms with Gasteiger partial charge in [0.05, 0.1) is 0 Å². The van der Waals surface area contributed by atoms with Crippen LogP contribution in [0.3, 0.4) is 0 Å². The van der Waals surface area contributed by atoms with Gasteiger partial charge in [-0.1, -0.05) is 30.3 Å². The molecule has 158 valence electrons. The molecule has 0 bridgehead atoms. The molecule has 31 heavy (non-hydrogen) atoms. The van der Waals surface area contributed by atoms with E-state index in [1.807, 2.05) is 56.3 Å². The molecule has 0 saturated carbocycles. The molecule has 7 nitrogen and oxygen atoms in total.